The molecular weight excluding hydrogens is 273 g/mol. The molecule has 0 amide bonds. The highest BCUT2D eigenvalue weighted by Crippen LogP contribution is 2.36. The van der Waals surface area contributed by atoms with Gasteiger partial charge in [-0.15, -0.1) is 0 Å². The Kier molecular flexibility index (Phi) is 4.82. The van der Waals surface area contributed by atoms with E-state index in [9.17, 15) is 13.2 Å². The largest absolute Gasteiger partial charge is 0.419 e. The molecule has 1 aliphatic rings. The van der Waals surface area contributed by atoms with Gasteiger partial charge >= 0.3 is 6.18 Å². The number of aromatic nitrogens is 1. The Morgan fingerprint density at radius 3 is 2.95 bits per heavy atom. The topological polar surface area (TPSA) is 45.6 Å². The number of rotatable bonds is 4. The smallest absolute Gasteiger partial charge is 0.394 e. The first-order valence-electron chi connectivity index (χ1n) is 6.52. The minimum Gasteiger partial charge on any atom is -0.394 e. The van der Waals surface area contributed by atoms with E-state index in [2.05, 4.69) is 4.98 Å². The SMILES string of the molecule is OCCOC1CCCN(c2ncccc2C(F)(F)F)C1. The summed E-state index contributed by atoms with van der Waals surface area (Å²) in [4.78, 5) is 5.49. The van der Waals surface area contributed by atoms with Gasteiger partial charge in [-0.25, -0.2) is 4.98 Å². The van der Waals surface area contributed by atoms with Crippen LogP contribution in [0.3, 0.4) is 0 Å². The normalized spacial score (nSPS) is 20.2. The second-order valence-corrected chi connectivity index (χ2v) is 4.68. The molecule has 1 aromatic rings. The molecule has 1 aliphatic heterocycles. The second-order valence-electron chi connectivity index (χ2n) is 4.68. The van der Waals surface area contributed by atoms with E-state index >= 15 is 0 Å². The summed E-state index contributed by atoms with van der Waals surface area (Å²) >= 11 is 0. The highest BCUT2D eigenvalue weighted by Gasteiger charge is 2.36. The fourth-order valence-electron chi connectivity index (χ4n) is 2.36. The molecule has 0 radical (unpaired) electrons. The summed E-state index contributed by atoms with van der Waals surface area (Å²) in [6.07, 6.45) is -1.70. The van der Waals surface area contributed by atoms with Gasteiger partial charge in [0.15, 0.2) is 0 Å². The lowest BCUT2D eigenvalue weighted by Crippen LogP contribution is -2.41. The van der Waals surface area contributed by atoms with Crippen LogP contribution < -0.4 is 4.90 Å². The van der Waals surface area contributed by atoms with Gasteiger partial charge in [0.1, 0.15) is 5.82 Å². The zero-order valence-electron chi connectivity index (χ0n) is 10.9. The third kappa shape index (κ3) is 3.61. The van der Waals surface area contributed by atoms with Crippen LogP contribution in [-0.2, 0) is 10.9 Å². The number of piperidine rings is 1. The lowest BCUT2D eigenvalue weighted by Gasteiger charge is -2.34. The van der Waals surface area contributed by atoms with E-state index in [0.29, 0.717) is 13.1 Å². The molecular formula is C13H17F3N2O2. The van der Waals surface area contributed by atoms with Crippen molar-refractivity contribution in [2.45, 2.75) is 25.1 Å². The van der Waals surface area contributed by atoms with Crippen molar-refractivity contribution in [3.05, 3.63) is 23.9 Å². The van der Waals surface area contributed by atoms with Crippen LogP contribution in [0.5, 0.6) is 0 Å². The standard InChI is InChI=1S/C13H17F3N2O2/c14-13(15,16)11-4-1-5-17-12(11)18-6-2-3-10(9-18)20-8-7-19/h1,4-5,10,19H,2-3,6-9H2. The predicted octanol–water partition coefficient (Wildman–Crippen LogP) is 2.08. The number of nitrogens with zero attached hydrogens (tertiary/aromatic N) is 2. The summed E-state index contributed by atoms with van der Waals surface area (Å²) in [6, 6.07) is 2.33. The van der Waals surface area contributed by atoms with Crippen molar-refractivity contribution in [3.63, 3.8) is 0 Å². The van der Waals surface area contributed by atoms with E-state index < -0.39 is 11.7 Å². The zero-order chi connectivity index (χ0) is 14.6. The molecule has 1 N–H and O–H groups in total. The maximum atomic E-state index is 13.0. The van der Waals surface area contributed by atoms with E-state index in [0.717, 1.165) is 18.9 Å². The van der Waals surface area contributed by atoms with Crippen molar-refractivity contribution in [2.24, 2.45) is 0 Å². The fraction of sp³-hybridized carbons (Fsp3) is 0.615. The number of alkyl halides is 3. The molecule has 2 heterocycles. The molecule has 7 heteroatoms. The molecule has 0 bridgehead atoms. The van der Waals surface area contributed by atoms with Crippen LogP contribution in [0.25, 0.3) is 0 Å². The summed E-state index contributed by atoms with van der Waals surface area (Å²) in [7, 11) is 0. The predicted molar refractivity (Wildman–Crippen MR) is 67.5 cm³/mol. The molecule has 2 rings (SSSR count). The van der Waals surface area contributed by atoms with Crippen LogP contribution in [0.4, 0.5) is 19.0 Å². The van der Waals surface area contributed by atoms with Crippen molar-refractivity contribution >= 4 is 5.82 Å². The van der Waals surface area contributed by atoms with Gasteiger partial charge in [0, 0.05) is 19.3 Å². The van der Waals surface area contributed by atoms with E-state index in [1.54, 1.807) is 4.90 Å². The summed E-state index contributed by atoms with van der Waals surface area (Å²) in [5.74, 6) is -0.0442. The van der Waals surface area contributed by atoms with Crippen LogP contribution >= 0.6 is 0 Å². The summed E-state index contributed by atoms with van der Waals surface area (Å²) in [5, 5.41) is 8.73. The molecule has 0 aromatic carbocycles. The monoisotopic (exact) mass is 290 g/mol. The van der Waals surface area contributed by atoms with Crippen LogP contribution in [0.2, 0.25) is 0 Å². The minimum absolute atomic E-state index is 0.0442. The molecule has 1 atom stereocenters. The number of hydrogen-bond acceptors (Lipinski definition) is 4. The first kappa shape index (κ1) is 15.1. The number of aliphatic hydroxyl groups is 1. The van der Waals surface area contributed by atoms with Gasteiger partial charge in [0.2, 0.25) is 0 Å². The number of ether oxygens (including phenoxy) is 1. The quantitative estimate of drug-likeness (QED) is 0.922. The van der Waals surface area contributed by atoms with Gasteiger partial charge in [0.05, 0.1) is 24.9 Å². The van der Waals surface area contributed by atoms with Crippen LogP contribution in [-0.4, -0.2) is 42.5 Å². The Balaban J connectivity index is 2.15. The number of hydrogen-bond donors (Lipinski definition) is 1. The molecule has 20 heavy (non-hydrogen) atoms. The van der Waals surface area contributed by atoms with Gasteiger partial charge in [-0.3, -0.25) is 0 Å². The Labute approximate surface area is 115 Å². The van der Waals surface area contributed by atoms with Gasteiger partial charge in [-0.1, -0.05) is 0 Å². The molecule has 0 aliphatic carbocycles. The molecule has 1 aromatic heterocycles. The Morgan fingerprint density at radius 2 is 2.25 bits per heavy atom. The highest BCUT2D eigenvalue weighted by atomic mass is 19.4. The maximum Gasteiger partial charge on any atom is 0.419 e. The zero-order valence-corrected chi connectivity index (χ0v) is 10.9. The maximum absolute atomic E-state index is 13.0. The van der Waals surface area contributed by atoms with Gasteiger partial charge < -0.3 is 14.7 Å². The van der Waals surface area contributed by atoms with E-state index in [4.69, 9.17) is 9.84 Å². The number of pyridine rings is 1. The van der Waals surface area contributed by atoms with E-state index in [1.807, 2.05) is 0 Å². The van der Waals surface area contributed by atoms with Crippen LogP contribution in [0.1, 0.15) is 18.4 Å². The van der Waals surface area contributed by atoms with Crippen molar-refractivity contribution < 1.29 is 23.0 Å². The van der Waals surface area contributed by atoms with Crippen LogP contribution in [0, 0.1) is 0 Å². The van der Waals surface area contributed by atoms with Crippen molar-refractivity contribution in [2.75, 3.05) is 31.2 Å². The Bertz CT molecular complexity index is 440. The third-order valence-electron chi connectivity index (χ3n) is 3.21. The average Bonchev–Trinajstić information content (AvgIpc) is 2.44. The highest BCUT2D eigenvalue weighted by molar-refractivity contribution is 5.48. The van der Waals surface area contributed by atoms with Gasteiger partial charge in [-0.05, 0) is 25.0 Å². The van der Waals surface area contributed by atoms with Crippen molar-refractivity contribution in [1.82, 2.24) is 4.98 Å². The fourth-order valence-corrected chi connectivity index (χ4v) is 2.36. The summed E-state index contributed by atoms with van der Waals surface area (Å²) < 4.78 is 44.3. The minimum atomic E-state index is -4.41. The van der Waals surface area contributed by atoms with E-state index in [-0.39, 0.29) is 25.1 Å². The molecule has 1 unspecified atom stereocenters. The lowest BCUT2D eigenvalue weighted by molar-refractivity contribution is -0.137. The van der Waals surface area contributed by atoms with Crippen molar-refractivity contribution in [1.29, 1.82) is 0 Å². The lowest BCUT2D eigenvalue weighted by atomic mass is 10.1. The van der Waals surface area contributed by atoms with Gasteiger partial charge in [-0.2, -0.15) is 13.2 Å². The van der Waals surface area contributed by atoms with Gasteiger partial charge in [0.25, 0.3) is 0 Å². The molecule has 4 nitrogen and oxygen atoms in total. The molecule has 0 saturated carbocycles. The number of anilines is 1. The molecule has 112 valence electrons. The third-order valence-corrected chi connectivity index (χ3v) is 3.21. The number of halogens is 3. The average molecular weight is 290 g/mol. The summed E-state index contributed by atoms with van der Waals surface area (Å²) in [5.41, 5.74) is -0.720. The molecule has 1 saturated heterocycles. The second kappa shape index (κ2) is 6.41. The van der Waals surface area contributed by atoms with Crippen LogP contribution in [0.15, 0.2) is 18.3 Å². The first-order valence-corrected chi connectivity index (χ1v) is 6.52. The first-order chi connectivity index (χ1) is 9.52. The number of aliphatic hydroxyl groups excluding tert-OH is 1. The Hall–Kier alpha value is -1.34. The molecule has 1 fully saturated rings. The van der Waals surface area contributed by atoms with E-state index in [1.165, 1.54) is 12.3 Å². The summed E-state index contributed by atoms with van der Waals surface area (Å²) in [6.45, 7) is 1.000. The van der Waals surface area contributed by atoms with Crippen molar-refractivity contribution in [3.8, 4) is 0 Å². The molecule has 0 spiro atoms. The Morgan fingerprint density at radius 1 is 1.45 bits per heavy atom.